The van der Waals surface area contributed by atoms with E-state index in [2.05, 4.69) is 11.8 Å². The summed E-state index contributed by atoms with van der Waals surface area (Å²) < 4.78 is 5.71. The molecule has 2 aromatic rings. The molecule has 2 rings (SSSR count). The molecule has 0 unspecified atom stereocenters. The normalized spacial score (nSPS) is 9.75. The number of rotatable bonds is 3. The van der Waals surface area contributed by atoms with Crippen molar-refractivity contribution < 1.29 is 4.74 Å². The average Bonchev–Trinajstić information content (AvgIpc) is 2.47. The summed E-state index contributed by atoms with van der Waals surface area (Å²) in [6.45, 7) is 0.699. The zero-order chi connectivity index (χ0) is 14.4. The third-order valence-electron chi connectivity index (χ3n) is 2.62. The molecule has 20 heavy (non-hydrogen) atoms. The molecule has 2 aromatic carbocycles. The van der Waals surface area contributed by atoms with Crippen LogP contribution < -0.4 is 10.5 Å². The van der Waals surface area contributed by atoms with Crippen molar-refractivity contribution in [1.29, 1.82) is 0 Å². The van der Waals surface area contributed by atoms with Gasteiger partial charge in [0.2, 0.25) is 0 Å². The highest BCUT2D eigenvalue weighted by atomic mass is 35.5. The molecule has 0 amide bonds. The minimum absolute atomic E-state index is 0.329. The number of halogens is 2. The van der Waals surface area contributed by atoms with Gasteiger partial charge in [-0.15, -0.1) is 0 Å². The molecule has 0 saturated heterocycles. The second-order valence-electron chi connectivity index (χ2n) is 4.03. The summed E-state index contributed by atoms with van der Waals surface area (Å²) in [6.07, 6.45) is 0. The fraction of sp³-hybridized carbons (Fsp3) is 0.125. The van der Waals surface area contributed by atoms with Gasteiger partial charge >= 0.3 is 0 Å². The summed E-state index contributed by atoms with van der Waals surface area (Å²) in [5, 5.41) is 1.11. The molecule has 0 heterocycles. The maximum atomic E-state index is 6.06. The summed E-state index contributed by atoms with van der Waals surface area (Å²) in [7, 11) is 0. The molecule has 0 bridgehead atoms. The van der Waals surface area contributed by atoms with Gasteiger partial charge in [0, 0.05) is 22.2 Å². The van der Waals surface area contributed by atoms with Crippen molar-refractivity contribution in [2.45, 2.75) is 6.61 Å². The molecule has 0 aliphatic heterocycles. The van der Waals surface area contributed by atoms with Crippen molar-refractivity contribution in [3.05, 3.63) is 63.6 Å². The first kappa shape index (κ1) is 14.7. The van der Waals surface area contributed by atoms with Gasteiger partial charge in [0.25, 0.3) is 0 Å². The summed E-state index contributed by atoms with van der Waals surface area (Å²) in [5.41, 5.74) is 7.27. The van der Waals surface area contributed by atoms with Crippen molar-refractivity contribution in [2.75, 3.05) is 6.54 Å². The highest BCUT2D eigenvalue weighted by Crippen LogP contribution is 2.28. The molecule has 0 aliphatic rings. The SMILES string of the molecule is NCC#Cc1ccccc1COc1cc(Cl)ccc1Cl. The highest BCUT2D eigenvalue weighted by Gasteiger charge is 2.05. The predicted molar refractivity (Wildman–Crippen MR) is 83.2 cm³/mol. The zero-order valence-electron chi connectivity index (χ0n) is 10.7. The molecule has 2 nitrogen and oxygen atoms in total. The lowest BCUT2D eigenvalue weighted by molar-refractivity contribution is 0.306. The largest absolute Gasteiger partial charge is 0.487 e. The van der Waals surface area contributed by atoms with Gasteiger partial charge in [-0.2, -0.15) is 0 Å². The summed E-state index contributed by atoms with van der Waals surface area (Å²) in [5.74, 6) is 6.42. The Morgan fingerprint density at radius 3 is 2.70 bits per heavy atom. The van der Waals surface area contributed by atoms with E-state index in [1.807, 2.05) is 24.3 Å². The maximum absolute atomic E-state index is 6.06. The van der Waals surface area contributed by atoms with Crippen LogP contribution in [0.2, 0.25) is 10.0 Å². The van der Waals surface area contributed by atoms with E-state index in [4.69, 9.17) is 33.7 Å². The summed E-state index contributed by atoms with van der Waals surface area (Å²) in [4.78, 5) is 0. The third-order valence-corrected chi connectivity index (χ3v) is 3.17. The second kappa shape index (κ2) is 7.21. The van der Waals surface area contributed by atoms with Crippen LogP contribution in [0.15, 0.2) is 42.5 Å². The van der Waals surface area contributed by atoms with Gasteiger partial charge in [-0.05, 0) is 18.2 Å². The van der Waals surface area contributed by atoms with Crippen LogP contribution in [0.5, 0.6) is 5.75 Å². The van der Waals surface area contributed by atoms with E-state index in [1.165, 1.54) is 0 Å². The molecule has 102 valence electrons. The number of ether oxygens (including phenoxy) is 1. The van der Waals surface area contributed by atoms with E-state index < -0.39 is 0 Å². The van der Waals surface area contributed by atoms with Crippen LogP contribution in [0.3, 0.4) is 0 Å². The number of benzene rings is 2. The van der Waals surface area contributed by atoms with E-state index in [0.717, 1.165) is 11.1 Å². The lowest BCUT2D eigenvalue weighted by Gasteiger charge is -2.09. The van der Waals surface area contributed by atoms with Gasteiger partial charge < -0.3 is 10.5 Å². The maximum Gasteiger partial charge on any atom is 0.139 e. The standard InChI is InChI=1S/C16H13Cl2NO/c17-14-7-8-15(18)16(10-14)20-11-13-5-2-1-4-12(13)6-3-9-19/h1-2,4-5,7-8,10H,9,11,19H2. The lowest BCUT2D eigenvalue weighted by atomic mass is 10.1. The van der Waals surface area contributed by atoms with Crippen LogP contribution in [-0.4, -0.2) is 6.54 Å². The predicted octanol–water partition coefficient (Wildman–Crippen LogP) is 3.88. The molecule has 0 aliphatic carbocycles. The molecule has 0 atom stereocenters. The minimum atomic E-state index is 0.329. The molecule has 0 aromatic heterocycles. The average molecular weight is 306 g/mol. The Labute approximate surface area is 128 Å². The third kappa shape index (κ3) is 3.91. The van der Waals surface area contributed by atoms with Crippen molar-refractivity contribution in [1.82, 2.24) is 0 Å². The van der Waals surface area contributed by atoms with E-state index in [1.54, 1.807) is 18.2 Å². The Hall–Kier alpha value is -1.66. The van der Waals surface area contributed by atoms with Gasteiger partial charge in [-0.1, -0.05) is 53.2 Å². The molecule has 4 heteroatoms. The molecule has 2 N–H and O–H groups in total. The van der Waals surface area contributed by atoms with Crippen LogP contribution in [0.1, 0.15) is 11.1 Å². The lowest BCUT2D eigenvalue weighted by Crippen LogP contribution is -1.99. The molecule has 0 radical (unpaired) electrons. The van der Waals surface area contributed by atoms with Gasteiger partial charge in [0.15, 0.2) is 0 Å². The fourth-order valence-electron chi connectivity index (χ4n) is 1.66. The summed E-state index contributed by atoms with van der Waals surface area (Å²) >= 11 is 12.0. The van der Waals surface area contributed by atoms with E-state index >= 15 is 0 Å². The topological polar surface area (TPSA) is 35.2 Å². The monoisotopic (exact) mass is 305 g/mol. The van der Waals surface area contributed by atoms with Gasteiger partial charge in [-0.3, -0.25) is 0 Å². The quantitative estimate of drug-likeness (QED) is 0.873. The molecular formula is C16H13Cl2NO. The summed E-state index contributed by atoms with van der Waals surface area (Å²) in [6, 6.07) is 12.9. The fourth-order valence-corrected chi connectivity index (χ4v) is 1.99. The van der Waals surface area contributed by atoms with Crippen LogP contribution in [0.25, 0.3) is 0 Å². The van der Waals surface area contributed by atoms with E-state index in [-0.39, 0.29) is 0 Å². The number of hydrogen-bond donors (Lipinski definition) is 1. The zero-order valence-corrected chi connectivity index (χ0v) is 12.2. The highest BCUT2D eigenvalue weighted by molar-refractivity contribution is 6.34. The minimum Gasteiger partial charge on any atom is -0.487 e. The Morgan fingerprint density at radius 2 is 1.90 bits per heavy atom. The van der Waals surface area contributed by atoms with Crippen LogP contribution in [0, 0.1) is 11.8 Å². The van der Waals surface area contributed by atoms with Crippen LogP contribution in [-0.2, 0) is 6.61 Å². The Bertz CT molecular complexity index is 659. The van der Waals surface area contributed by atoms with Crippen LogP contribution >= 0.6 is 23.2 Å². The Kier molecular flexibility index (Phi) is 5.31. The molecular weight excluding hydrogens is 293 g/mol. The first-order chi connectivity index (χ1) is 9.70. The van der Waals surface area contributed by atoms with Crippen molar-refractivity contribution in [3.63, 3.8) is 0 Å². The molecule has 0 fully saturated rings. The molecule has 0 spiro atoms. The first-order valence-corrected chi connectivity index (χ1v) is 6.81. The van der Waals surface area contributed by atoms with Crippen molar-refractivity contribution >= 4 is 23.2 Å². The van der Waals surface area contributed by atoms with Crippen LogP contribution in [0.4, 0.5) is 0 Å². The molecule has 0 saturated carbocycles. The second-order valence-corrected chi connectivity index (χ2v) is 4.87. The smallest absolute Gasteiger partial charge is 0.139 e. The Balaban J connectivity index is 2.17. The number of hydrogen-bond acceptors (Lipinski definition) is 2. The van der Waals surface area contributed by atoms with Gasteiger partial charge in [0.1, 0.15) is 12.4 Å². The van der Waals surface area contributed by atoms with Crippen molar-refractivity contribution in [2.24, 2.45) is 5.73 Å². The Morgan fingerprint density at radius 1 is 1.10 bits per heavy atom. The van der Waals surface area contributed by atoms with Gasteiger partial charge in [0.05, 0.1) is 11.6 Å². The van der Waals surface area contributed by atoms with E-state index in [9.17, 15) is 0 Å². The van der Waals surface area contributed by atoms with Crippen molar-refractivity contribution in [3.8, 4) is 17.6 Å². The van der Waals surface area contributed by atoms with E-state index in [0.29, 0.717) is 28.9 Å². The number of nitrogens with two attached hydrogens (primary N) is 1. The van der Waals surface area contributed by atoms with Gasteiger partial charge in [-0.25, -0.2) is 0 Å². The first-order valence-electron chi connectivity index (χ1n) is 6.05.